The number of halogens is 3. The van der Waals surface area contributed by atoms with Gasteiger partial charge in [-0.1, -0.05) is 5.16 Å². The lowest BCUT2D eigenvalue weighted by Crippen LogP contribution is -2.53. The molecule has 1 saturated heterocycles. The number of ether oxygens (including phenoxy) is 1. The van der Waals surface area contributed by atoms with E-state index in [4.69, 9.17) is 9.26 Å². The summed E-state index contributed by atoms with van der Waals surface area (Å²) < 4.78 is 53.1. The third kappa shape index (κ3) is 3.70. The summed E-state index contributed by atoms with van der Waals surface area (Å²) in [5.74, 6) is 0.610. The number of hydrogen-bond donors (Lipinski definition) is 0. The van der Waals surface area contributed by atoms with Crippen LogP contribution in [0.4, 0.5) is 24.9 Å². The van der Waals surface area contributed by atoms with E-state index in [0.29, 0.717) is 19.0 Å². The maximum absolute atomic E-state index is 13.8. The first-order valence-corrected chi connectivity index (χ1v) is 9.46. The number of alkyl halides is 3. The fourth-order valence-electron chi connectivity index (χ4n) is 4.06. The first-order chi connectivity index (χ1) is 13.8. The lowest BCUT2D eigenvalue weighted by molar-refractivity contribution is -0.153. The predicted molar refractivity (Wildman–Crippen MR) is 97.9 cm³/mol. The Labute approximate surface area is 164 Å². The SMILES string of the molecule is CC1COCC(C)N1c1cc(=O)n2c(n1)N(Cc1ccno1)C(C(F)(F)F)CC2. The molecule has 0 aromatic carbocycles. The van der Waals surface area contributed by atoms with Crippen molar-refractivity contribution >= 4 is 11.8 Å². The minimum atomic E-state index is -4.47. The summed E-state index contributed by atoms with van der Waals surface area (Å²) in [6.07, 6.45) is -3.34. The van der Waals surface area contributed by atoms with E-state index >= 15 is 0 Å². The third-order valence-electron chi connectivity index (χ3n) is 5.36. The highest BCUT2D eigenvalue weighted by Gasteiger charge is 2.47. The maximum atomic E-state index is 13.8. The second-order valence-corrected chi connectivity index (χ2v) is 7.50. The van der Waals surface area contributed by atoms with Gasteiger partial charge in [-0.3, -0.25) is 9.36 Å². The Kier molecular flexibility index (Phi) is 5.01. The van der Waals surface area contributed by atoms with Crippen LogP contribution in [0.15, 0.2) is 27.6 Å². The maximum Gasteiger partial charge on any atom is 0.408 e. The van der Waals surface area contributed by atoms with Crippen LogP contribution in [-0.2, 0) is 17.8 Å². The van der Waals surface area contributed by atoms with E-state index in [1.165, 1.54) is 22.9 Å². The molecule has 11 heteroatoms. The van der Waals surface area contributed by atoms with Crippen molar-refractivity contribution in [3.8, 4) is 0 Å². The topological polar surface area (TPSA) is 76.6 Å². The van der Waals surface area contributed by atoms with Crippen LogP contribution >= 0.6 is 0 Å². The lowest BCUT2D eigenvalue weighted by atomic mass is 10.1. The van der Waals surface area contributed by atoms with E-state index in [1.54, 1.807) is 0 Å². The zero-order valence-corrected chi connectivity index (χ0v) is 16.1. The van der Waals surface area contributed by atoms with Crippen LogP contribution in [0.25, 0.3) is 0 Å². The Balaban J connectivity index is 1.80. The second-order valence-electron chi connectivity index (χ2n) is 7.50. The van der Waals surface area contributed by atoms with E-state index < -0.39 is 12.2 Å². The Bertz CT molecular complexity index is 904. The van der Waals surface area contributed by atoms with Crippen molar-refractivity contribution in [1.29, 1.82) is 0 Å². The first kappa shape index (κ1) is 19.7. The Morgan fingerprint density at radius 3 is 2.59 bits per heavy atom. The van der Waals surface area contributed by atoms with Gasteiger partial charge in [0, 0.05) is 18.7 Å². The molecule has 3 unspecified atom stereocenters. The summed E-state index contributed by atoms with van der Waals surface area (Å²) in [5.41, 5.74) is -0.376. The zero-order chi connectivity index (χ0) is 20.8. The summed E-state index contributed by atoms with van der Waals surface area (Å²) in [6.45, 7) is 4.54. The summed E-state index contributed by atoms with van der Waals surface area (Å²) in [5, 5.41) is 3.57. The van der Waals surface area contributed by atoms with Gasteiger partial charge in [-0.2, -0.15) is 18.2 Å². The van der Waals surface area contributed by atoms with Crippen LogP contribution in [0, 0.1) is 0 Å². The molecular formula is C18H22F3N5O3. The van der Waals surface area contributed by atoms with Gasteiger partial charge in [0.2, 0.25) is 5.95 Å². The van der Waals surface area contributed by atoms with Crippen molar-refractivity contribution in [2.75, 3.05) is 23.0 Å². The normalized spacial score (nSPS) is 25.2. The lowest BCUT2D eigenvalue weighted by Gasteiger charge is -2.42. The van der Waals surface area contributed by atoms with Gasteiger partial charge in [0.25, 0.3) is 5.56 Å². The molecule has 0 spiro atoms. The van der Waals surface area contributed by atoms with Gasteiger partial charge in [-0.25, -0.2) is 0 Å². The number of fused-ring (bicyclic) bond motifs is 1. The number of anilines is 2. The summed E-state index contributed by atoms with van der Waals surface area (Å²) in [4.78, 5) is 20.3. The molecule has 0 N–H and O–H groups in total. The molecule has 3 atom stereocenters. The molecule has 0 radical (unpaired) electrons. The third-order valence-corrected chi connectivity index (χ3v) is 5.36. The van der Waals surface area contributed by atoms with Crippen molar-refractivity contribution in [3.63, 3.8) is 0 Å². The van der Waals surface area contributed by atoms with Gasteiger partial charge in [-0.15, -0.1) is 0 Å². The number of rotatable bonds is 3. The number of hydrogen-bond acceptors (Lipinski definition) is 7. The number of aromatic nitrogens is 3. The van der Waals surface area contributed by atoms with E-state index in [1.807, 2.05) is 18.7 Å². The minimum absolute atomic E-state index is 0.0108. The molecule has 2 aromatic heterocycles. The monoisotopic (exact) mass is 413 g/mol. The highest BCUT2D eigenvalue weighted by Crippen LogP contribution is 2.35. The van der Waals surface area contributed by atoms with Crippen LogP contribution in [0.5, 0.6) is 0 Å². The van der Waals surface area contributed by atoms with Gasteiger partial charge >= 0.3 is 6.18 Å². The summed E-state index contributed by atoms with van der Waals surface area (Å²) >= 11 is 0. The molecule has 4 rings (SSSR count). The summed E-state index contributed by atoms with van der Waals surface area (Å²) in [7, 11) is 0. The van der Waals surface area contributed by atoms with Gasteiger partial charge in [0.1, 0.15) is 11.9 Å². The van der Waals surface area contributed by atoms with Crippen LogP contribution in [0.1, 0.15) is 26.0 Å². The van der Waals surface area contributed by atoms with Gasteiger partial charge in [0.15, 0.2) is 5.76 Å². The molecule has 158 valence electrons. The molecule has 2 aromatic rings. The van der Waals surface area contributed by atoms with Crippen LogP contribution in [0.3, 0.4) is 0 Å². The largest absolute Gasteiger partial charge is 0.408 e. The molecule has 0 saturated carbocycles. The standard InChI is InChI=1S/C18H22F3N5O3/c1-11-9-28-10-12(2)26(11)15-7-16(27)24-6-4-14(18(19,20)21)25(17(24)23-15)8-13-3-5-22-29-13/h3,5,7,11-12,14H,4,6,8-10H2,1-2H3. The Morgan fingerprint density at radius 1 is 1.24 bits per heavy atom. The van der Waals surface area contributed by atoms with Crippen molar-refractivity contribution in [1.82, 2.24) is 14.7 Å². The quantitative estimate of drug-likeness (QED) is 0.763. The van der Waals surface area contributed by atoms with E-state index in [0.717, 1.165) is 4.90 Å². The van der Waals surface area contributed by atoms with Gasteiger partial charge in [-0.05, 0) is 20.3 Å². The van der Waals surface area contributed by atoms with Crippen LogP contribution in [-0.4, -0.2) is 52.2 Å². The predicted octanol–water partition coefficient (Wildman–Crippen LogP) is 2.19. The van der Waals surface area contributed by atoms with E-state index in [2.05, 4.69) is 10.1 Å². The molecule has 2 aliphatic heterocycles. The number of nitrogens with zero attached hydrogens (tertiary/aromatic N) is 5. The van der Waals surface area contributed by atoms with Gasteiger partial charge in [0.05, 0.1) is 38.0 Å². The molecule has 1 fully saturated rings. The highest BCUT2D eigenvalue weighted by molar-refractivity contribution is 5.48. The molecule has 4 heterocycles. The van der Waals surface area contributed by atoms with E-state index in [-0.39, 0.29) is 48.9 Å². The fraction of sp³-hybridized carbons (Fsp3) is 0.611. The average molecular weight is 413 g/mol. The molecule has 8 nitrogen and oxygen atoms in total. The van der Waals surface area contributed by atoms with Crippen molar-refractivity contribution in [2.24, 2.45) is 0 Å². The molecule has 0 bridgehead atoms. The highest BCUT2D eigenvalue weighted by atomic mass is 19.4. The summed E-state index contributed by atoms with van der Waals surface area (Å²) in [6, 6.07) is 1.01. The molecular weight excluding hydrogens is 391 g/mol. The molecule has 0 aliphatic carbocycles. The molecule has 0 amide bonds. The molecule has 2 aliphatic rings. The molecule has 29 heavy (non-hydrogen) atoms. The van der Waals surface area contributed by atoms with E-state index in [9.17, 15) is 18.0 Å². The van der Waals surface area contributed by atoms with Crippen molar-refractivity contribution < 1.29 is 22.4 Å². The smallest absolute Gasteiger partial charge is 0.377 e. The Hall–Kier alpha value is -2.56. The van der Waals surface area contributed by atoms with Crippen LogP contribution < -0.4 is 15.4 Å². The average Bonchev–Trinajstić information content (AvgIpc) is 3.14. The van der Waals surface area contributed by atoms with Gasteiger partial charge < -0.3 is 19.1 Å². The fourth-order valence-corrected chi connectivity index (χ4v) is 4.06. The second kappa shape index (κ2) is 7.36. The zero-order valence-electron chi connectivity index (χ0n) is 16.1. The number of morpholine rings is 1. The first-order valence-electron chi connectivity index (χ1n) is 9.46. The van der Waals surface area contributed by atoms with Crippen molar-refractivity contribution in [3.05, 3.63) is 34.4 Å². The Morgan fingerprint density at radius 2 is 1.97 bits per heavy atom. The van der Waals surface area contributed by atoms with Crippen molar-refractivity contribution in [2.45, 2.75) is 57.7 Å². The minimum Gasteiger partial charge on any atom is -0.377 e. The van der Waals surface area contributed by atoms with Crippen LogP contribution in [0.2, 0.25) is 0 Å².